The third-order valence-electron chi connectivity index (χ3n) is 2.79. The Morgan fingerprint density at radius 3 is 2.50 bits per heavy atom. The molecule has 1 unspecified atom stereocenters. The number of sulfonamides is 1. The van der Waals surface area contributed by atoms with Crippen molar-refractivity contribution in [3.63, 3.8) is 0 Å². The average molecular weight is 334 g/mol. The lowest BCUT2D eigenvalue weighted by Gasteiger charge is -2.15. The van der Waals surface area contributed by atoms with E-state index in [1.54, 1.807) is 38.2 Å². The Balaban J connectivity index is 2.30. The van der Waals surface area contributed by atoms with E-state index in [4.69, 9.17) is 23.2 Å². The van der Waals surface area contributed by atoms with E-state index in [1.165, 1.54) is 10.9 Å². The zero-order chi connectivity index (χ0) is 14.9. The van der Waals surface area contributed by atoms with Crippen LogP contribution >= 0.6 is 23.2 Å². The summed E-state index contributed by atoms with van der Waals surface area (Å²) in [5, 5.41) is 0.360. The monoisotopic (exact) mass is 333 g/mol. The minimum atomic E-state index is -3.81. The van der Waals surface area contributed by atoms with Gasteiger partial charge in [-0.2, -0.15) is 0 Å². The molecule has 0 fully saturated rings. The molecule has 0 saturated carbocycles. The van der Waals surface area contributed by atoms with Crippen LogP contribution < -0.4 is 4.72 Å². The molecule has 2 aromatic rings. The third kappa shape index (κ3) is 2.98. The predicted molar refractivity (Wildman–Crippen MR) is 78.4 cm³/mol. The Morgan fingerprint density at radius 1 is 1.30 bits per heavy atom. The largest absolute Gasteiger partial charge is 0.324 e. The first-order chi connectivity index (χ1) is 9.33. The number of hydrogen-bond donors (Lipinski definition) is 1. The summed E-state index contributed by atoms with van der Waals surface area (Å²) in [5.74, 6) is 0. The lowest BCUT2D eigenvalue weighted by atomic mass is 10.1. The van der Waals surface area contributed by atoms with Gasteiger partial charge in [0.2, 0.25) is 5.03 Å². The van der Waals surface area contributed by atoms with Crippen molar-refractivity contribution < 1.29 is 8.42 Å². The van der Waals surface area contributed by atoms with Crippen molar-refractivity contribution >= 4 is 33.2 Å². The van der Waals surface area contributed by atoms with Crippen molar-refractivity contribution in [3.8, 4) is 0 Å². The molecule has 0 amide bonds. The Labute approximate surface area is 127 Å². The zero-order valence-corrected chi connectivity index (χ0v) is 13.2. The van der Waals surface area contributed by atoms with Crippen LogP contribution in [0.15, 0.2) is 35.6 Å². The molecule has 8 heteroatoms. The quantitative estimate of drug-likeness (QED) is 0.935. The van der Waals surface area contributed by atoms with Gasteiger partial charge >= 0.3 is 0 Å². The molecule has 0 aliphatic carbocycles. The maximum atomic E-state index is 12.2. The van der Waals surface area contributed by atoms with Crippen molar-refractivity contribution in [1.29, 1.82) is 0 Å². The summed E-state index contributed by atoms with van der Waals surface area (Å²) in [5.41, 5.74) is 0.685. The summed E-state index contributed by atoms with van der Waals surface area (Å²) < 4.78 is 28.4. The van der Waals surface area contributed by atoms with Gasteiger partial charge in [0.05, 0.1) is 6.33 Å². The first-order valence-corrected chi connectivity index (χ1v) is 8.00. The van der Waals surface area contributed by atoms with Gasteiger partial charge in [0.1, 0.15) is 5.15 Å². The first-order valence-electron chi connectivity index (χ1n) is 5.76. The van der Waals surface area contributed by atoms with E-state index in [0.717, 1.165) is 0 Å². The van der Waals surface area contributed by atoms with Gasteiger partial charge in [0.15, 0.2) is 0 Å². The van der Waals surface area contributed by atoms with Gasteiger partial charge in [-0.15, -0.1) is 0 Å². The average Bonchev–Trinajstić information content (AvgIpc) is 2.70. The zero-order valence-electron chi connectivity index (χ0n) is 10.8. The Bertz CT molecular complexity index is 728. The molecular weight excluding hydrogens is 321 g/mol. The van der Waals surface area contributed by atoms with E-state index in [1.807, 2.05) is 0 Å². The molecule has 0 radical (unpaired) electrons. The van der Waals surface area contributed by atoms with Crippen molar-refractivity contribution in [1.82, 2.24) is 14.3 Å². The van der Waals surface area contributed by atoms with Gasteiger partial charge < -0.3 is 4.57 Å². The Hall–Kier alpha value is -1.08. The van der Waals surface area contributed by atoms with E-state index < -0.39 is 16.1 Å². The molecule has 1 aromatic heterocycles. The van der Waals surface area contributed by atoms with Crippen molar-refractivity contribution in [2.24, 2.45) is 7.05 Å². The van der Waals surface area contributed by atoms with E-state index in [-0.39, 0.29) is 10.2 Å². The number of rotatable bonds is 4. The smallest absolute Gasteiger partial charge is 0.261 e. The van der Waals surface area contributed by atoms with Gasteiger partial charge in [-0.1, -0.05) is 41.4 Å². The van der Waals surface area contributed by atoms with Gasteiger partial charge in [0, 0.05) is 18.1 Å². The maximum absolute atomic E-state index is 12.2. The number of aryl methyl sites for hydroxylation is 1. The summed E-state index contributed by atoms with van der Waals surface area (Å²) in [6.45, 7) is 1.70. The standard InChI is InChI=1S/C12H13Cl2N3O2S/c1-8(9-5-3-4-6-10(9)13)16-20(18,19)12-11(14)17(2)7-15-12/h3-8,16H,1-2H3. The summed E-state index contributed by atoms with van der Waals surface area (Å²) >= 11 is 12.0. The number of nitrogens with zero attached hydrogens (tertiary/aromatic N) is 2. The predicted octanol–water partition coefficient (Wildman–Crippen LogP) is 2.77. The SMILES string of the molecule is CC(NS(=O)(=O)c1ncn(C)c1Cl)c1ccccc1Cl. The second-order valence-corrected chi connectivity index (χ2v) is 6.71. The number of halogens is 2. The molecule has 5 nitrogen and oxygen atoms in total. The Kier molecular flexibility index (Phi) is 4.39. The van der Waals surface area contributed by atoms with Crippen molar-refractivity contribution in [2.45, 2.75) is 18.0 Å². The van der Waals surface area contributed by atoms with Gasteiger partial charge in [-0.05, 0) is 18.6 Å². The molecule has 1 N–H and O–H groups in total. The number of benzene rings is 1. The lowest BCUT2D eigenvalue weighted by molar-refractivity contribution is 0.564. The molecule has 0 bridgehead atoms. The molecule has 0 spiro atoms. The molecule has 0 saturated heterocycles. The molecule has 0 aliphatic rings. The molecule has 20 heavy (non-hydrogen) atoms. The normalized spacial score (nSPS) is 13.4. The van der Waals surface area contributed by atoms with Crippen LogP contribution in [-0.4, -0.2) is 18.0 Å². The topological polar surface area (TPSA) is 64.0 Å². The highest BCUT2D eigenvalue weighted by atomic mass is 35.5. The van der Waals surface area contributed by atoms with Crippen LogP contribution in [0.1, 0.15) is 18.5 Å². The number of aromatic nitrogens is 2. The van der Waals surface area contributed by atoms with E-state index in [9.17, 15) is 8.42 Å². The van der Waals surface area contributed by atoms with Crippen LogP contribution in [0, 0.1) is 0 Å². The minimum Gasteiger partial charge on any atom is -0.324 e. The van der Waals surface area contributed by atoms with E-state index in [0.29, 0.717) is 10.6 Å². The van der Waals surface area contributed by atoms with Crippen LogP contribution in [0.4, 0.5) is 0 Å². The molecule has 1 aromatic carbocycles. The highest BCUT2D eigenvalue weighted by Crippen LogP contribution is 2.25. The molecule has 1 atom stereocenters. The second kappa shape index (κ2) is 5.73. The van der Waals surface area contributed by atoms with Gasteiger partial charge in [-0.3, -0.25) is 0 Å². The van der Waals surface area contributed by atoms with Crippen molar-refractivity contribution in [3.05, 3.63) is 46.3 Å². The molecular formula is C12H13Cl2N3O2S. The lowest BCUT2D eigenvalue weighted by Crippen LogP contribution is -2.27. The first kappa shape index (κ1) is 15.3. The van der Waals surface area contributed by atoms with Crippen LogP contribution in [0.25, 0.3) is 0 Å². The van der Waals surface area contributed by atoms with Gasteiger partial charge in [-0.25, -0.2) is 18.1 Å². The summed E-state index contributed by atoms with van der Waals surface area (Å²) in [4.78, 5) is 3.80. The van der Waals surface area contributed by atoms with E-state index >= 15 is 0 Å². The number of nitrogens with one attached hydrogen (secondary N) is 1. The highest BCUT2D eigenvalue weighted by Gasteiger charge is 2.25. The second-order valence-electron chi connectivity index (χ2n) is 4.32. The van der Waals surface area contributed by atoms with Crippen LogP contribution in [-0.2, 0) is 17.1 Å². The molecule has 1 heterocycles. The number of hydrogen-bond acceptors (Lipinski definition) is 3. The Morgan fingerprint density at radius 2 is 1.95 bits per heavy atom. The van der Waals surface area contributed by atoms with Crippen molar-refractivity contribution in [2.75, 3.05) is 0 Å². The fourth-order valence-electron chi connectivity index (χ4n) is 1.75. The minimum absolute atomic E-state index is 0.0591. The number of imidazole rings is 1. The highest BCUT2D eigenvalue weighted by molar-refractivity contribution is 7.89. The van der Waals surface area contributed by atoms with Gasteiger partial charge in [0.25, 0.3) is 10.0 Å². The van der Waals surface area contributed by atoms with Crippen LogP contribution in [0.5, 0.6) is 0 Å². The summed E-state index contributed by atoms with van der Waals surface area (Å²) in [6, 6.07) is 6.54. The molecule has 0 aliphatic heterocycles. The third-order valence-corrected chi connectivity index (χ3v) is 5.17. The van der Waals surface area contributed by atoms with E-state index in [2.05, 4.69) is 9.71 Å². The maximum Gasteiger partial charge on any atom is 0.261 e. The molecule has 2 rings (SSSR count). The van der Waals surface area contributed by atoms with Crippen LogP contribution in [0.2, 0.25) is 10.2 Å². The molecule has 108 valence electrons. The fraction of sp³-hybridized carbons (Fsp3) is 0.250. The van der Waals surface area contributed by atoms with Crippen LogP contribution in [0.3, 0.4) is 0 Å². The summed E-state index contributed by atoms with van der Waals surface area (Å²) in [6.07, 6.45) is 1.34. The summed E-state index contributed by atoms with van der Waals surface area (Å²) in [7, 11) is -2.19. The fourth-order valence-corrected chi connectivity index (χ4v) is 3.70.